The summed E-state index contributed by atoms with van der Waals surface area (Å²) in [5.74, 6) is -1.80. The smallest absolute Gasteiger partial charge is 0.181 e. The van der Waals surface area contributed by atoms with Crippen LogP contribution >= 0.6 is 0 Å². The molecule has 0 aliphatic carbocycles. The van der Waals surface area contributed by atoms with Crippen LogP contribution in [0.15, 0.2) is 45.2 Å². The van der Waals surface area contributed by atoms with Crippen LogP contribution in [0, 0.1) is 25.5 Å². The number of benzene rings is 3. The van der Waals surface area contributed by atoms with Gasteiger partial charge in [0.15, 0.2) is 22.8 Å². The fourth-order valence-corrected chi connectivity index (χ4v) is 3.38. The van der Waals surface area contributed by atoms with Gasteiger partial charge < -0.3 is 8.83 Å². The van der Waals surface area contributed by atoms with Crippen molar-refractivity contribution >= 4 is 43.9 Å². The second-order valence-electron chi connectivity index (χ2n) is 6.24. The van der Waals surface area contributed by atoms with Gasteiger partial charge in [0.2, 0.25) is 0 Å². The van der Waals surface area contributed by atoms with Crippen LogP contribution in [-0.4, -0.2) is 0 Å². The van der Waals surface area contributed by atoms with E-state index in [1.807, 2.05) is 38.1 Å². The minimum atomic E-state index is -0.900. The van der Waals surface area contributed by atoms with E-state index in [-0.39, 0.29) is 21.9 Å². The first-order chi connectivity index (χ1) is 11.5. The van der Waals surface area contributed by atoms with Crippen molar-refractivity contribution in [3.63, 3.8) is 0 Å². The predicted octanol–water partition coefficient (Wildman–Crippen LogP) is 6.38. The minimum absolute atomic E-state index is 0.130. The van der Waals surface area contributed by atoms with Gasteiger partial charge in [-0.3, -0.25) is 0 Å². The maximum Gasteiger partial charge on any atom is 0.181 e. The maximum atomic E-state index is 14.8. The molecule has 118 valence electrons. The summed E-state index contributed by atoms with van der Waals surface area (Å²) in [4.78, 5) is 0. The Balaban J connectivity index is 2.11. The Bertz CT molecular complexity index is 1190. The number of hydrogen-bond acceptors (Lipinski definition) is 2. The second kappa shape index (κ2) is 4.35. The van der Waals surface area contributed by atoms with Crippen LogP contribution in [0.5, 0.6) is 0 Å². The van der Waals surface area contributed by atoms with E-state index < -0.39 is 11.6 Å². The Labute approximate surface area is 135 Å². The molecule has 0 N–H and O–H groups in total. The summed E-state index contributed by atoms with van der Waals surface area (Å²) in [5, 5.41) is 1.35. The van der Waals surface area contributed by atoms with Gasteiger partial charge in [-0.15, -0.1) is 0 Å². The molecule has 2 heterocycles. The van der Waals surface area contributed by atoms with Gasteiger partial charge >= 0.3 is 0 Å². The monoisotopic (exact) mass is 322 g/mol. The molecular formula is C20H12F2O2. The molecule has 5 aromatic rings. The molecule has 2 nitrogen and oxygen atoms in total. The largest absolute Gasteiger partial charge is 0.452 e. The van der Waals surface area contributed by atoms with E-state index in [9.17, 15) is 8.78 Å². The Kier molecular flexibility index (Phi) is 2.46. The van der Waals surface area contributed by atoms with Gasteiger partial charge in [-0.2, -0.15) is 0 Å². The lowest BCUT2D eigenvalue weighted by atomic mass is 10.1. The van der Waals surface area contributed by atoms with Crippen molar-refractivity contribution < 1.29 is 17.6 Å². The molecule has 4 heteroatoms. The fourth-order valence-electron chi connectivity index (χ4n) is 3.38. The van der Waals surface area contributed by atoms with Crippen molar-refractivity contribution in [1.82, 2.24) is 0 Å². The summed E-state index contributed by atoms with van der Waals surface area (Å²) in [6, 6.07) is 10.8. The van der Waals surface area contributed by atoms with Gasteiger partial charge in [-0.05, 0) is 37.1 Å². The van der Waals surface area contributed by atoms with E-state index in [2.05, 4.69) is 0 Å². The van der Waals surface area contributed by atoms with Crippen LogP contribution in [-0.2, 0) is 0 Å². The molecule has 0 fully saturated rings. The van der Waals surface area contributed by atoms with E-state index in [0.29, 0.717) is 21.9 Å². The van der Waals surface area contributed by atoms with E-state index in [4.69, 9.17) is 8.83 Å². The van der Waals surface area contributed by atoms with E-state index in [1.165, 1.54) is 0 Å². The third-order valence-corrected chi connectivity index (χ3v) is 4.53. The van der Waals surface area contributed by atoms with Gasteiger partial charge in [-0.1, -0.05) is 24.3 Å². The zero-order valence-electron chi connectivity index (χ0n) is 13.0. The molecule has 5 rings (SSSR count). The Hall–Kier alpha value is -2.88. The molecular weight excluding hydrogens is 310 g/mol. The number of hydrogen-bond donors (Lipinski definition) is 0. The van der Waals surface area contributed by atoms with Crippen LogP contribution in [0.2, 0.25) is 0 Å². The number of rotatable bonds is 0. The SMILES string of the molecule is Cc1ccc2c(c1)oc1c3oc4cc(C)ccc4c3c(F)c(F)c21. The van der Waals surface area contributed by atoms with Gasteiger partial charge in [0.25, 0.3) is 0 Å². The molecule has 0 bridgehead atoms. The molecule has 0 radical (unpaired) electrons. The van der Waals surface area contributed by atoms with E-state index >= 15 is 0 Å². The second-order valence-corrected chi connectivity index (χ2v) is 6.24. The molecule has 0 aliphatic rings. The van der Waals surface area contributed by atoms with Crippen molar-refractivity contribution in [3.8, 4) is 0 Å². The zero-order valence-corrected chi connectivity index (χ0v) is 13.0. The summed E-state index contributed by atoms with van der Waals surface area (Å²) >= 11 is 0. The van der Waals surface area contributed by atoms with Crippen molar-refractivity contribution in [2.24, 2.45) is 0 Å². The highest BCUT2D eigenvalue weighted by Gasteiger charge is 2.25. The van der Waals surface area contributed by atoms with Gasteiger partial charge in [0.1, 0.15) is 11.2 Å². The first-order valence-electron chi connectivity index (χ1n) is 7.67. The zero-order chi connectivity index (χ0) is 16.6. The third kappa shape index (κ3) is 1.58. The fraction of sp³-hybridized carbons (Fsp3) is 0.100. The molecule has 0 spiro atoms. The van der Waals surface area contributed by atoms with Crippen molar-refractivity contribution in [1.29, 1.82) is 0 Å². The topological polar surface area (TPSA) is 26.3 Å². The summed E-state index contributed by atoms with van der Waals surface area (Å²) in [7, 11) is 0. The third-order valence-electron chi connectivity index (χ3n) is 4.53. The number of aryl methyl sites for hydroxylation is 2. The number of furan rings is 2. The summed E-state index contributed by atoms with van der Waals surface area (Å²) in [6.45, 7) is 3.84. The van der Waals surface area contributed by atoms with Crippen molar-refractivity contribution in [2.75, 3.05) is 0 Å². The molecule has 0 aliphatic heterocycles. The summed E-state index contributed by atoms with van der Waals surface area (Å²) in [6.07, 6.45) is 0. The normalized spacial score (nSPS) is 12.2. The number of fused-ring (bicyclic) bond motifs is 7. The van der Waals surface area contributed by atoms with Crippen LogP contribution in [0.3, 0.4) is 0 Å². The average molecular weight is 322 g/mol. The first kappa shape index (κ1) is 13.5. The standard InChI is InChI=1S/C20H12F2O2/c1-9-3-5-11-13(7-9)23-19-15(11)17(21)18(22)16-12-6-4-10(2)8-14(12)24-20(16)19/h3-8H,1-2H3. The average Bonchev–Trinajstić information content (AvgIpc) is 3.10. The highest BCUT2D eigenvalue weighted by molar-refractivity contribution is 6.19. The van der Waals surface area contributed by atoms with Crippen LogP contribution < -0.4 is 0 Å². The van der Waals surface area contributed by atoms with Gasteiger partial charge in [0, 0.05) is 10.8 Å². The maximum absolute atomic E-state index is 14.8. The Morgan fingerprint density at radius 3 is 1.50 bits per heavy atom. The van der Waals surface area contributed by atoms with Crippen LogP contribution in [0.1, 0.15) is 11.1 Å². The van der Waals surface area contributed by atoms with Crippen LogP contribution in [0.4, 0.5) is 8.78 Å². The molecule has 0 unspecified atom stereocenters. The molecule has 24 heavy (non-hydrogen) atoms. The molecule has 0 saturated heterocycles. The lowest BCUT2D eigenvalue weighted by molar-refractivity contribution is 0.523. The predicted molar refractivity (Wildman–Crippen MR) is 90.4 cm³/mol. The van der Waals surface area contributed by atoms with Gasteiger partial charge in [-0.25, -0.2) is 8.78 Å². The van der Waals surface area contributed by atoms with E-state index in [1.54, 1.807) is 12.1 Å². The summed E-state index contributed by atoms with van der Waals surface area (Å²) in [5.41, 5.74) is 3.51. The van der Waals surface area contributed by atoms with E-state index in [0.717, 1.165) is 11.1 Å². The van der Waals surface area contributed by atoms with Gasteiger partial charge in [0.05, 0.1) is 10.8 Å². The van der Waals surface area contributed by atoms with Crippen LogP contribution in [0.25, 0.3) is 43.9 Å². The molecule has 2 aromatic heterocycles. The Morgan fingerprint density at radius 2 is 1.08 bits per heavy atom. The highest BCUT2D eigenvalue weighted by Crippen LogP contribution is 2.42. The lowest BCUT2D eigenvalue weighted by Gasteiger charge is -1.98. The highest BCUT2D eigenvalue weighted by atomic mass is 19.2. The minimum Gasteiger partial charge on any atom is -0.452 e. The molecule has 0 saturated carbocycles. The molecule has 0 atom stereocenters. The quantitative estimate of drug-likeness (QED) is 0.330. The number of halogens is 2. The van der Waals surface area contributed by atoms with Crippen molar-refractivity contribution in [2.45, 2.75) is 13.8 Å². The first-order valence-corrected chi connectivity index (χ1v) is 7.67. The molecule has 0 amide bonds. The lowest BCUT2D eigenvalue weighted by Crippen LogP contribution is -1.86. The summed E-state index contributed by atoms with van der Waals surface area (Å²) < 4.78 is 41.3. The molecule has 3 aromatic carbocycles. The van der Waals surface area contributed by atoms with Crippen molar-refractivity contribution in [3.05, 3.63) is 59.2 Å². The Morgan fingerprint density at radius 1 is 0.667 bits per heavy atom.